The first-order valence-corrected chi connectivity index (χ1v) is 12.8. The highest BCUT2D eigenvalue weighted by atomic mass is 35.5. The van der Waals surface area contributed by atoms with Crippen molar-refractivity contribution >= 4 is 39.2 Å². The van der Waals surface area contributed by atoms with Crippen LogP contribution in [0.1, 0.15) is 35.2 Å². The zero-order valence-electron chi connectivity index (χ0n) is 18.6. The summed E-state index contributed by atoms with van der Waals surface area (Å²) in [4.78, 5) is 13.0. The number of methoxy groups -OCH3 is 1. The maximum absolute atomic E-state index is 14.3. The molecule has 0 N–H and O–H groups in total. The van der Waals surface area contributed by atoms with Gasteiger partial charge in [-0.1, -0.05) is 71.7 Å². The van der Waals surface area contributed by atoms with Gasteiger partial charge in [0.05, 0.1) is 29.7 Å². The molecule has 2 atom stereocenters. The van der Waals surface area contributed by atoms with E-state index in [-0.39, 0.29) is 16.9 Å². The van der Waals surface area contributed by atoms with Gasteiger partial charge in [0.15, 0.2) is 0 Å². The van der Waals surface area contributed by atoms with Gasteiger partial charge in [-0.25, -0.2) is 13.2 Å². The lowest BCUT2D eigenvalue weighted by molar-refractivity contribution is -0.137. The number of sulfonamides is 1. The van der Waals surface area contributed by atoms with Gasteiger partial charge in [-0.05, 0) is 60.4 Å². The molecule has 0 bridgehead atoms. The summed E-state index contributed by atoms with van der Waals surface area (Å²) in [6, 6.07) is 19.2. The van der Waals surface area contributed by atoms with E-state index < -0.39 is 28.1 Å². The molecule has 0 saturated heterocycles. The van der Waals surface area contributed by atoms with Crippen LogP contribution in [-0.2, 0) is 19.6 Å². The van der Waals surface area contributed by atoms with E-state index in [2.05, 4.69) is 0 Å². The lowest BCUT2D eigenvalue weighted by atomic mass is 9.89. The van der Waals surface area contributed by atoms with Crippen molar-refractivity contribution in [2.24, 2.45) is 0 Å². The van der Waals surface area contributed by atoms with Gasteiger partial charge in [0, 0.05) is 10.0 Å². The van der Waals surface area contributed by atoms with Crippen LogP contribution in [0, 0.1) is 6.92 Å². The van der Waals surface area contributed by atoms with Crippen molar-refractivity contribution < 1.29 is 17.9 Å². The summed E-state index contributed by atoms with van der Waals surface area (Å²) in [7, 11) is -2.79. The van der Waals surface area contributed by atoms with E-state index in [1.165, 1.54) is 11.4 Å². The smallest absolute Gasteiger partial charge is 0.335 e. The van der Waals surface area contributed by atoms with E-state index in [9.17, 15) is 13.2 Å². The van der Waals surface area contributed by atoms with E-state index in [1.807, 2.05) is 0 Å². The van der Waals surface area contributed by atoms with Crippen LogP contribution in [0.2, 0.25) is 10.0 Å². The Morgan fingerprint density at radius 3 is 2.29 bits per heavy atom. The number of carbonyl (C=O) groups is 1. The zero-order valence-corrected chi connectivity index (χ0v) is 20.9. The molecular formula is C26H23Cl2NO4S. The fourth-order valence-electron chi connectivity index (χ4n) is 4.32. The van der Waals surface area contributed by atoms with Gasteiger partial charge in [-0.3, -0.25) is 0 Å². The van der Waals surface area contributed by atoms with Crippen molar-refractivity contribution in [2.45, 2.75) is 30.3 Å². The third-order valence-corrected chi connectivity index (χ3v) is 8.43. The second-order valence-corrected chi connectivity index (χ2v) is 10.7. The Labute approximate surface area is 209 Å². The number of ether oxygens (including phenoxy) is 1. The Hall–Kier alpha value is -2.64. The van der Waals surface area contributed by atoms with Gasteiger partial charge in [0.1, 0.15) is 0 Å². The molecular weight excluding hydrogens is 493 g/mol. The molecule has 0 saturated carbocycles. The van der Waals surface area contributed by atoms with Crippen molar-refractivity contribution in [3.8, 4) is 0 Å². The SMILES string of the molecule is COC(=O)C1=CC[C@@H](c2ccc(Cl)cc2)N(S(=O)(=O)c2ccccc2C)C1c1cccc(Cl)c1. The number of hydrogen-bond donors (Lipinski definition) is 0. The largest absolute Gasteiger partial charge is 0.466 e. The van der Waals surface area contributed by atoms with Gasteiger partial charge in [-0.2, -0.15) is 4.31 Å². The van der Waals surface area contributed by atoms with Crippen LogP contribution in [-0.4, -0.2) is 25.8 Å². The van der Waals surface area contributed by atoms with Crippen molar-refractivity contribution in [1.82, 2.24) is 4.31 Å². The zero-order chi connectivity index (χ0) is 24.5. The van der Waals surface area contributed by atoms with Crippen molar-refractivity contribution in [3.63, 3.8) is 0 Å². The summed E-state index contributed by atoms with van der Waals surface area (Å²) in [5, 5.41) is 0.980. The first-order chi connectivity index (χ1) is 16.2. The number of carbonyl (C=O) groups excluding carboxylic acids is 1. The lowest BCUT2D eigenvalue weighted by Crippen LogP contribution is -2.42. The van der Waals surface area contributed by atoms with Gasteiger partial charge in [-0.15, -0.1) is 0 Å². The third-order valence-electron chi connectivity index (χ3n) is 5.91. The summed E-state index contributed by atoms with van der Waals surface area (Å²) in [5.41, 5.74) is 2.18. The highest BCUT2D eigenvalue weighted by molar-refractivity contribution is 7.89. The first-order valence-electron chi connectivity index (χ1n) is 10.6. The lowest BCUT2D eigenvalue weighted by Gasteiger charge is -2.41. The molecule has 176 valence electrons. The Morgan fingerprint density at radius 2 is 1.65 bits per heavy atom. The van der Waals surface area contributed by atoms with Crippen LogP contribution in [0.3, 0.4) is 0 Å². The molecule has 1 aliphatic rings. The van der Waals surface area contributed by atoms with Crippen molar-refractivity contribution in [2.75, 3.05) is 7.11 Å². The predicted octanol–water partition coefficient (Wildman–Crippen LogP) is 6.28. The maximum Gasteiger partial charge on any atom is 0.335 e. The molecule has 34 heavy (non-hydrogen) atoms. The van der Waals surface area contributed by atoms with E-state index in [0.29, 0.717) is 21.2 Å². The molecule has 1 heterocycles. The van der Waals surface area contributed by atoms with E-state index in [1.54, 1.807) is 85.8 Å². The van der Waals surface area contributed by atoms with E-state index in [0.717, 1.165) is 5.56 Å². The number of esters is 1. The molecule has 3 aromatic rings. The molecule has 4 rings (SSSR count). The molecule has 1 unspecified atom stereocenters. The molecule has 0 radical (unpaired) electrons. The molecule has 0 spiro atoms. The van der Waals surface area contributed by atoms with Crippen LogP contribution < -0.4 is 0 Å². The van der Waals surface area contributed by atoms with Gasteiger partial charge in [0.25, 0.3) is 0 Å². The van der Waals surface area contributed by atoms with Crippen molar-refractivity contribution in [3.05, 3.63) is 111 Å². The number of rotatable bonds is 5. The fraction of sp³-hybridized carbons (Fsp3) is 0.192. The second-order valence-electron chi connectivity index (χ2n) is 8.01. The topological polar surface area (TPSA) is 63.7 Å². The molecule has 3 aromatic carbocycles. The summed E-state index contributed by atoms with van der Waals surface area (Å²) >= 11 is 12.4. The minimum Gasteiger partial charge on any atom is -0.466 e. The molecule has 0 amide bonds. The Balaban J connectivity index is 2.00. The maximum atomic E-state index is 14.3. The van der Waals surface area contributed by atoms with Crippen LogP contribution in [0.5, 0.6) is 0 Å². The quantitative estimate of drug-likeness (QED) is 0.375. The number of halogens is 2. The number of hydrogen-bond acceptors (Lipinski definition) is 4. The molecule has 5 nitrogen and oxygen atoms in total. The van der Waals surface area contributed by atoms with Crippen LogP contribution >= 0.6 is 23.2 Å². The molecule has 0 aliphatic carbocycles. The summed E-state index contributed by atoms with van der Waals surface area (Å²) in [6.45, 7) is 1.75. The summed E-state index contributed by atoms with van der Waals surface area (Å²) < 4.78 is 35.0. The average molecular weight is 516 g/mol. The minimum atomic E-state index is -4.08. The van der Waals surface area contributed by atoms with Gasteiger partial charge in [0.2, 0.25) is 10.0 Å². The average Bonchev–Trinajstić information content (AvgIpc) is 2.83. The fourth-order valence-corrected chi connectivity index (χ4v) is 6.65. The number of nitrogens with zero attached hydrogens (tertiary/aromatic N) is 1. The monoisotopic (exact) mass is 515 g/mol. The standard InChI is InChI=1S/C26H23Cl2NO4S/c1-17-6-3-4-9-24(17)34(31,32)29-23(18-10-12-20(27)13-11-18)15-14-22(26(30)33-2)25(29)19-7-5-8-21(28)16-19/h3-14,16,23,25H,15H2,1-2H3/t23-,25?/m0/s1. The Bertz CT molecular complexity index is 1350. The van der Waals surface area contributed by atoms with Gasteiger partial charge >= 0.3 is 5.97 Å². The van der Waals surface area contributed by atoms with E-state index in [4.69, 9.17) is 27.9 Å². The molecule has 1 aliphatic heterocycles. The van der Waals surface area contributed by atoms with Crippen molar-refractivity contribution in [1.29, 1.82) is 0 Å². The molecule has 0 aromatic heterocycles. The number of aryl methyl sites for hydroxylation is 1. The molecule has 0 fully saturated rings. The number of benzene rings is 3. The first kappa shape index (κ1) is 24.5. The van der Waals surface area contributed by atoms with E-state index >= 15 is 0 Å². The van der Waals surface area contributed by atoms with Crippen LogP contribution in [0.25, 0.3) is 0 Å². The van der Waals surface area contributed by atoms with Crippen LogP contribution in [0.15, 0.2) is 89.3 Å². The molecule has 8 heteroatoms. The third kappa shape index (κ3) is 4.64. The van der Waals surface area contributed by atoms with Gasteiger partial charge < -0.3 is 4.74 Å². The normalized spacial score (nSPS) is 18.9. The minimum absolute atomic E-state index is 0.173. The Kier molecular flexibility index (Phi) is 7.14. The highest BCUT2D eigenvalue weighted by Gasteiger charge is 2.45. The highest BCUT2D eigenvalue weighted by Crippen LogP contribution is 2.46. The summed E-state index contributed by atoms with van der Waals surface area (Å²) in [5.74, 6) is -0.593. The Morgan fingerprint density at radius 1 is 0.941 bits per heavy atom. The summed E-state index contributed by atoms with van der Waals surface area (Å²) in [6.07, 6.45) is 2.04. The predicted molar refractivity (Wildman–Crippen MR) is 133 cm³/mol. The second kappa shape index (κ2) is 9.92. The van der Waals surface area contributed by atoms with Crippen LogP contribution in [0.4, 0.5) is 0 Å².